The van der Waals surface area contributed by atoms with Crippen molar-refractivity contribution in [2.24, 2.45) is 5.10 Å². The van der Waals surface area contributed by atoms with Crippen molar-refractivity contribution in [1.82, 2.24) is 5.43 Å². The molecule has 6 nitrogen and oxygen atoms in total. The van der Waals surface area contributed by atoms with Crippen LogP contribution in [0, 0.1) is 19.7 Å². The highest BCUT2D eigenvalue weighted by atomic mass is 35.5. The molecule has 0 fully saturated rings. The van der Waals surface area contributed by atoms with Crippen molar-refractivity contribution in [1.29, 1.82) is 0 Å². The molecule has 0 spiro atoms. The molecule has 0 aliphatic carbocycles. The quantitative estimate of drug-likeness (QED) is 0.407. The molecule has 166 valence electrons. The highest BCUT2D eigenvalue weighted by molar-refractivity contribution is 7.92. The fourth-order valence-corrected chi connectivity index (χ4v) is 4.65. The van der Waals surface area contributed by atoms with Crippen LogP contribution < -0.4 is 9.73 Å². The Balaban J connectivity index is 1.88. The van der Waals surface area contributed by atoms with Crippen LogP contribution in [0.1, 0.15) is 16.7 Å². The Labute approximate surface area is 191 Å². The van der Waals surface area contributed by atoms with Crippen LogP contribution >= 0.6 is 11.6 Å². The summed E-state index contributed by atoms with van der Waals surface area (Å²) >= 11 is 5.93. The molecule has 32 heavy (non-hydrogen) atoms. The Hall–Kier alpha value is -3.23. The number of hydrazone groups is 1. The maximum atomic E-state index is 13.8. The van der Waals surface area contributed by atoms with Gasteiger partial charge in [-0.3, -0.25) is 9.10 Å². The predicted octanol–water partition coefficient (Wildman–Crippen LogP) is 4.44. The molecule has 0 saturated carbocycles. The third kappa shape index (κ3) is 5.33. The predicted molar refractivity (Wildman–Crippen MR) is 124 cm³/mol. The highest BCUT2D eigenvalue weighted by Gasteiger charge is 2.28. The molecular weight excluding hydrogens is 453 g/mol. The van der Waals surface area contributed by atoms with Gasteiger partial charge in [-0.15, -0.1) is 0 Å². The first-order valence-electron chi connectivity index (χ1n) is 9.61. The first kappa shape index (κ1) is 23.4. The number of nitrogens with one attached hydrogen (secondary N) is 1. The molecule has 0 atom stereocenters. The van der Waals surface area contributed by atoms with E-state index in [4.69, 9.17) is 11.6 Å². The molecule has 0 aromatic heterocycles. The van der Waals surface area contributed by atoms with Gasteiger partial charge >= 0.3 is 0 Å². The summed E-state index contributed by atoms with van der Waals surface area (Å²) in [6.07, 6.45) is 1.07. The van der Waals surface area contributed by atoms with Crippen LogP contribution in [-0.2, 0) is 14.8 Å². The third-order valence-corrected chi connectivity index (χ3v) is 6.77. The van der Waals surface area contributed by atoms with Gasteiger partial charge in [0.05, 0.1) is 21.8 Å². The summed E-state index contributed by atoms with van der Waals surface area (Å²) in [5.74, 6) is -1.30. The van der Waals surface area contributed by atoms with Crippen LogP contribution in [-0.4, -0.2) is 27.1 Å². The van der Waals surface area contributed by atoms with E-state index >= 15 is 0 Å². The number of aryl methyl sites for hydroxylation is 2. The van der Waals surface area contributed by atoms with Crippen LogP contribution in [0.3, 0.4) is 0 Å². The lowest BCUT2D eigenvalue weighted by molar-refractivity contribution is -0.119. The number of sulfonamides is 1. The molecule has 3 aromatic rings. The highest BCUT2D eigenvalue weighted by Crippen LogP contribution is 2.26. The second-order valence-electron chi connectivity index (χ2n) is 7.04. The minimum Gasteiger partial charge on any atom is -0.271 e. The van der Waals surface area contributed by atoms with Crippen LogP contribution in [0.4, 0.5) is 10.1 Å². The van der Waals surface area contributed by atoms with Crippen molar-refractivity contribution in [3.8, 4) is 0 Å². The zero-order valence-electron chi connectivity index (χ0n) is 17.4. The Morgan fingerprint density at radius 1 is 1.06 bits per heavy atom. The van der Waals surface area contributed by atoms with E-state index in [1.165, 1.54) is 30.3 Å². The fourth-order valence-electron chi connectivity index (χ4n) is 2.95. The van der Waals surface area contributed by atoms with E-state index in [9.17, 15) is 17.6 Å². The molecule has 0 heterocycles. The summed E-state index contributed by atoms with van der Waals surface area (Å²) < 4.78 is 41.6. The number of nitrogens with zero attached hydrogens (tertiary/aromatic N) is 2. The zero-order chi connectivity index (χ0) is 23.3. The summed E-state index contributed by atoms with van der Waals surface area (Å²) in [6, 6.07) is 17.3. The summed E-state index contributed by atoms with van der Waals surface area (Å²) in [5, 5.41) is 3.86. The van der Waals surface area contributed by atoms with Gasteiger partial charge in [-0.2, -0.15) is 5.10 Å². The Morgan fingerprint density at radius 2 is 1.75 bits per heavy atom. The summed E-state index contributed by atoms with van der Waals surface area (Å²) in [4.78, 5) is 12.6. The lowest BCUT2D eigenvalue weighted by Gasteiger charge is -2.25. The van der Waals surface area contributed by atoms with Crippen LogP contribution in [0.25, 0.3) is 0 Å². The monoisotopic (exact) mass is 473 g/mol. The standard InChI is InChI=1S/C23H21ClFN3O3S/c1-16-10-12-18(13-11-16)32(30,31)28(22-9-4-3-6-17(22)2)15-23(29)27-26-14-19-20(24)7-5-8-21(19)25/h3-14H,15H2,1-2H3,(H,27,29)/b26-14-. The van der Waals surface area contributed by atoms with Crippen molar-refractivity contribution in [2.75, 3.05) is 10.8 Å². The second kappa shape index (κ2) is 9.93. The van der Waals surface area contributed by atoms with Crippen LogP contribution in [0.15, 0.2) is 76.7 Å². The summed E-state index contributed by atoms with van der Waals surface area (Å²) in [6.45, 7) is 3.08. The first-order chi connectivity index (χ1) is 15.2. The van der Waals surface area contributed by atoms with Gasteiger partial charge in [-0.1, -0.05) is 53.6 Å². The molecule has 0 bridgehead atoms. The van der Waals surface area contributed by atoms with Gasteiger partial charge in [0.2, 0.25) is 0 Å². The molecule has 3 rings (SSSR count). The molecule has 0 radical (unpaired) electrons. The average Bonchev–Trinajstić information content (AvgIpc) is 2.75. The number of benzene rings is 3. The van der Waals surface area contributed by atoms with E-state index in [1.807, 2.05) is 6.92 Å². The van der Waals surface area contributed by atoms with E-state index in [1.54, 1.807) is 43.3 Å². The van der Waals surface area contributed by atoms with Gasteiger partial charge in [0.25, 0.3) is 15.9 Å². The third-order valence-electron chi connectivity index (χ3n) is 4.66. The summed E-state index contributed by atoms with van der Waals surface area (Å²) in [7, 11) is -4.04. The molecule has 1 amide bonds. The van der Waals surface area contributed by atoms with E-state index in [2.05, 4.69) is 10.5 Å². The van der Waals surface area contributed by atoms with Crippen LogP contribution in [0.2, 0.25) is 5.02 Å². The number of para-hydroxylation sites is 1. The van der Waals surface area contributed by atoms with Gasteiger partial charge in [-0.25, -0.2) is 18.2 Å². The SMILES string of the molecule is Cc1ccc(S(=O)(=O)N(CC(=O)N/N=C\c2c(F)cccc2Cl)c2ccccc2C)cc1. The van der Waals surface area contributed by atoms with E-state index < -0.39 is 28.3 Å². The first-order valence-corrected chi connectivity index (χ1v) is 11.4. The van der Waals surface area contributed by atoms with Crippen molar-refractivity contribution < 1.29 is 17.6 Å². The number of carbonyl (C=O) groups is 1. The fraction of sp³-hybridized carbons (Fsp3) is 0.130. The number of rotatable bonds is 7. The molecule has 0 unspecified atom stereocenters. The molecule has 0 saturated heterocycles. The lowest BCUT2D eigenvalue weighted by atomic mass is 10.2. The molecular formula is C23H21ClFN3O3S. The second-order valence-corrected chi connectivity index (χ2v) is 9.31. The lowest BCUT2D eigenvalue weighted by Crippen LogP contribution is -2.40. The maximum Gasteiger partial charge on any atom is 0.264 e. The van der Waals surface area contributed by atoms with E-state index in [0.717, 1.165) is 16.1 Å². The number of amides is 1. The van der Waals surface area contributed by atoms with Crippen molar-refractivity contribution in [2.45, 2.75) is 18.7 Å². The minimum absolute atomic E-state index is 0.0116. The van der Waals surface area contributed by atoms with E-state index in [0.29, 0.717) is 11.3 Å². The Bertz CT molecular complexity index is 1240. The number of anilines is 1. The smallest absolute Gasteiger partial charge is 0.264 e. The van der Waals surface area contributed by atoms with Crippen molar-refractivity contribution in [3.05, 3.63) is 94.3 Å². The van der Waals surface area contributed by atoms with E-state index in [-0.39, 0.29) is 15.5 Å². The number of hydrogen-bond donors (Lipinski definition) is 1. The van der Waals surface area contributed by atoms with Gasteiger partial charge in [0.1, 0.15) is 12.4 Å². The number of carbonyl (C=O) groups excluding carboxylic acids is 1. The zero-order valence-corrected chi connectivity index (χ0v) is 19.0. The maximum absolute atomic E-state index is 13.8. The molecule has 3 aromatic carbocycles. The van der Waals surface area contributed by atoms with Gasteiger partial charge in [-0.05, 0) is 49.7 Å². The van der Waals surface area contributed by atoms with Gasteiger partial charge in [0.15, 0.2) is 0 Å². The molecule has 0 aliphatic rings. The van der Waals surface area contributed by atoms with Gasteiger partial charge < -0.3 is 0 Å². The number of halogens is 2. The van der Waals surface area contributed by atoms with Crippen molar-refractivity contribution >= 4 is 39.4 Å². The van der Waals surface area contributed by atoms with Crippen LogP contribution in [0.5, 0.6) is 0 Å². The Morgan fingerprint density at radius 3 is 2.41 bits per heavy atom. The van der Waals surface area contributed by atoms with Crippen molar-refractivity contribution in [3.63, 3.8) is 0 Å². The normalized spacial score (nSPS) is 11.5. The topological polar surface area (TPSA) is 78.8 Å². The molecule has 9 heteroatoms. The number of hydrogen-bond acceptors (Lipinski definition) is 4. The summed E-state index contributed by atoms with van der Waals surface area (Å²) in [5.41, 5.74) is 4.20. The Kier molecular flexibility index (Phi) is 7.27. The molecule has 1 N–H and O–H groups in total. The van der Waals surface area contributed by atoms with Gasteiger partial charge in [0, 0.05) is 5.56 Å². The average molecular weight is 474 g/mol. The largest absolute Gasteiger partial charge is 0.271 e. The minimum atomic E-state index is -4.04. The molecule has 0 aliphatic heterocycles.